The topological polar surface area (TPSA) is 77.8 Å². The van der Waals surface area contributed by atoms with Crippen molar-refractivity contribution in [2.45, 2.75) is 90.5 Å². The van der Waals surface area contributed by atoms with E-state index in [0.29, 0.717) is 12.8 Å². The van der Waals surface area contributed by atoms with Crippen LogP contribution in [0.1, 0.15) is 73.1 Å². The molecule has 30 heavy (non-hydrogen) atoms. The molecule has 4 aliphatic rings. The van der Waals surface area contributed by atoms with E-state index in [9.17, 15) is 20.1 Å². The van der Waals surface area contributed by atoms with Gasteiger partial charge in [-0.15, -0.1) is 0 Å². The number of aliphatic hydroxyl groups is 3. The van der Waals surface area contributed by atoms with E-state index in [1.807, 2.05) is 26.0 Å². The zero-order valence-corrected chi connectivity index (χ0v) is 19.1. The van der Waals surface area contributed by atoms with Gasteiger partial charge in [0.1, 0.15) is 12.2 Å². The van der Waals surface area contributed by atoms with Crippen LogP contribution in [0.15, 0.2) is 23.8 Å². The van der Waals surface area contributed by atoms with Gasteiger partial charge in [-0.25, -0.2) is 4.39 Å². The van der Waals surface area contributed by atoms with E-state index in [1.54, 1.807) is 6.92 Å². The molecule has 0 aromatic rings. The number of fused-ring (bicyclic) bond motifs is 5. The monoisotopic (exact) mass is 422 g/mol. The predicted octanol–water partition coefficient (Wildman–Crippen LogP) is 4.13. The lowest BCUT2D eigenvalue weighted by molar-refractivity contribution is -0.219. The number of alkyl halides is 1. The SMILES string of the molecule is CCC.C[C@@H]1C[C@H]2[C@@H]3CCC4=CCC=C[C@]4(C)[C@@]3(F)[C@@H](O)C[C@]2(C)[C@@]1(O)C(=O)CO. The van der Waals surface area contributed by atoms with Crippen LogP contribution in [0, 0.1) is 28.6 Å². The summed E-state index contributed by atoms with van der Waals surface area (Å²) in [6, 6.07) is 0. The fourth-order valence-corrected chi connectivity index (χ4v) is 7.40. The van der Waals surface area contributed by atoms with Crippen molar-refractivity contribution in [1.82, 2.24) is 0 Å². The molecule has 4 nitrogen and oxygen atoms in total. The smallest absolute Gasteiger partial charge is 0.190 e. The molecule has 0 aromatic carbocycles. The van der Waals surface area contributed by atoms with Crippen molar-refractivity contribution >= 4 is 5.78 Å². The molecule has 4 aliphatic carbocycles. The van der Waals surface area contributed by atoms with Crippen molar-refractivity contribution < 1.29 is 24.5 Å². The van der Waals surface area contributed by atoms with Gasteiger partial charge < -0.3 is 15.3 Å². The van der Waals surface area contributed by atoms with Crippen molar-refractivity contribution in [1.29, 1.82) is 0 Å². The molecule has 0 aromatic heterocycles. The Morgan fingerprint density at radius 2 is 1.90 bits per heavy atom. The number of hydrogen-bond acceptors (Lipinski definition) is 4. The van der Waals surface area contributed by atoms with Crippen LogP contribution in [-0.4, -0.2) is 45.1 Å². The molecule has 0 aliphatic heterocycles. The number of ketones is 1. The summed E-state index contributed by atoms with van der Waals surface area (Å²) in [6.45, 7) is 9.01. The Balaban J connectivity index is 0.000000806. The zero-order chi connectivity index (χ0) is 22.5. The lowest BCUT2D eigenvalue weighted by Crippen LogP contribution is -2.69. The molecule has 0 amide bonds. The van der Waals surface area contributed by atoms with Gasteiger partial charge in [-0.2, -0.15) is 0 Å². The van der Waals surface area contributed by atoms with Gasteiger partial charge in [-0.1, -0.05) is 57.9 Å². The summed E-state index contributed by atoms with van der Waals surface area (Å²) < 4.78 is 16.8. The summed E-state index contributed by atoms with van der Waals surface area (Å²) in [5.74, 6) is -1.64. The van der Waals surface area contributed by atoms with E-state index >= 15 is 4.39 Å². The minimum atomic E-state index is -1.81. The minimum Gasteiger partial charge on any atom is -0.390 e. The maximum absolute atomic E-state index is 16.8. The van der Waals surface area contributed by atoms with Gasteiger partial charge in [0, 0.05) is 16.7 Å². The van der Waals surface area contributed by atoms with E-state index in [4.69, 9.17) is 0 Å². The van der Waals surface area contributed by atoms with Crippen LogP contribution < -0.4 is 0 Å². The number of rotatable bonds is 2. The fraction of sp³-hybridized carbons (Fsp3) is 0.800. The maximum atomic E-state index is 16.8. The number of hydrogen-bond donors (Lipinski definition) is 3. The van der Waals surface area contributed by atoms with Crippen LogP contribution in [0.25, 0.3) is 0 Å². The van der Waals surface area contributed by atoms with Gasteiger partial charge in [0.25, 0.3) is 0 Å². The molecule has 0 saturated heterocycles. The lowest BCUT2D eigenvalue weighted by atomic mass is 9.44. The zero-order valence-electron chi connectivity index (χ0n) is 19.1. The number of Topliss-reactive ketones (excluding diaryl/α,β-unsaturated/α-hetero) is 1. The van der Waals surface area contributed by atoms with Gasteiger partial charge in [0.05, 0.1) is 6.10 Å². The summed E-state index contributed by atoms with van der Waals surface area (Å²) in [4.78, 5) is 12.5. The second-order valence-electron chi connectivity index (χ2n) is 10.4. The van der Waals surface area contributed by atoms with E-state index in [2.05, 4.69) is 19.9 Å². The number of halogens is 1. The second kappa shape index (κ2) is 7.83. The van der Waals surface area contributed by atoms with E-state index in [-0.39, 0.29) is 18.3 Å². The molecule has 0 unspecified atom stereocenters. The van der Waals surface area contributed by atoms with E-state index < -0.39 is 46.5 Å². The quantitative estimate of drug-likeness (QED) is 0.585. The third-order valence-corrected chi connectivity index (χ3v) is 8.85. The molecular formula is C25H39FO4. The molecular weight excluding hydrogens is 383 g/mol. The van der Waals surface area contributed by atoms with Gasteiger partial charge in [-0.3, -0.25) is 4.79 Å². The van der Waals surface area contributed by atoms with Crippen LogP contribution in [-0.2, 0) is 4.79 Å². The number of aliphatic hydroxyl groups excluding tert-OH is 2. The Morgan fingerprint density at radius 3 is 2.50 bits per heavy atom. The molecule has 3 N–H and O–H groups in total. The fourth-order valence-electron chi connectivity index (χ4n) is 7.40. The first-order valence-electron chi connectivity index (χ1n) is 11.6. The molecule has 8 atom stereocenters. The van der Waals surface area contributed by atoms with Crippen LogP contribution >= 0.6 is 0 Å². The Bertz CT molecular complexity index is 747. The van der Waals surface area contributed by atoms with Crippen LogP contribution in [0.3, 0.4) is 0 Å². The van der Waals surface area contributed by atoms with Crippen molar-refractivity contribution in [2.24, 2.45) is 28.6 Å². The Morgan fingerprint density at radius 1 is 1.27 bits per heavy atom. The molecule has 0 heterocycles. The van der Waals surface area contributed by atoms with Crippen LogP contribution in [0.4, 0.5) is 4.39 Å². The summed E-state index contributed by atoms with van der Waals surface area (Å²) in [6.07, 6.45) is 8.68. The number of carbonyl (C=O) groups is 1. The average Bonchev–Trinajstić information content (AvgIpc) is 2.90. The maximum Gasteiger partial charge on any atom is 0.190 e. The average molecular weight is 423 g/mol. The summed E-state index contributed by atoms with van der Waals surface area (Å²) >= 11 is 0. The highest BCUT2D eigenvalue weighted by atomic mass is 19.1. The normalized spacial score (nSPS) is 49.2. The van der Waals surface area contributed by atoms with Crippen LogP contribution in [0.5, 0.6) is 0 Å². The standard InChI is InChI=1S/C22H31FO4.C3H8/c1-13-10-16-15-8-7-14-6-4-5-9-19(14,2)21(15,23)17(25)11-20(16,3)22(13,27)18(26)12-24;1-3-2/h5-6,9,13,15-17,24-25,27H,4,7-8,10-12H2,1-3H3;3H2,1-2H3/t13-,15+,16+,17+,19+,20+,21+,22+;/m1./s1. The molecule has 5 heteroatoms. The molecule has 170 valence electrons. The third-order valence-electron chi connectivity index (χ3n) is 8.85. The summed E-state index contributed by atoms with van der Waals surface area (Å²) in [5.41, 5.74) is -4.28. The Hall–Kier alpha value is -1.04. The van der Waals surface area contributed by atoms with Gasteiger partial charge in [0.15, 0.2) is 11.5 Å². The summed E-state index contributed by atoms with van der Waals surface area (Å²) in [7, 11) is 0. The van der Waals surface area contributed by atoms with Crippen molar-refractivity contribution in [3.05, 3.63) is 23.8 Å². The Kier molecular flexibility index (Phi) is 6.16. The highest BCUT2D eigenvalue weighted by Crippen LogP contribution is 2.70. The summed E-state index contributed by atoms with van der Waals surface area (Å²) in [5, 5.41) is 32.0. The minimum absolute atomic E-state index is 0.0218. The molecule has 3 fully saturated rings. The Labute approximate surface area is 180 Å². The highest BCUT2D eigenvalue weighted by molar-refractivity contribution is 5.90. The highest BCUT2D eigenvalue weighted by Gasteiger charge is 2.75. The third kappa shape index (κ3) is 2.77. The van der Waals surface area contributed by atoms with Gasteiger partial charge in [0.2, 0.25) is 0 Å². The van der Waals surface area contributed by atoms with Crippen molar-refractivity contribution in [3.63, 3.8) is 0 Å². The molecule has 0 bridgehead atoms. The molecule has 3 saturated carbocycles. The number of carbonyl (C=O) groups excluding carboxylic acids is 1. The molecule has 0 radical (unpaired) electrons. The molecule has 0 spiro atoms. The lowest BCUT2D eigenvalue weighted by Gasteiger charge is -2.62. The van der Waals surface area contributed by atoms with E-state index in [1.165, 1.54) is 6.42 Å². The van der Waals surface area contributed by atoms with Gasteiger partial charge >= 0.3 is 0 Å². The van der Waals surface area contributed by atoms with Gasteiger partial charge in [-0.05, 0) is 50.9 Å². The van der Waals surface area contributed by atoms with Crippen LogP contribution in [0.2, 0.25) is 0 Å². The largest absolute Gasteiger partial charge is 0.390 e. The first-order valence-corrected chi connectivity index (χ1v) is 11.6. The predicted molar refractivity (Wildman–Crippen MR) is 116 cm³/mol. The molecule has 4 rings (SSSR count). The first kappa shape index (κ1) is 23.6. The second-order valence-corrected chi connectivity index (χ2v) is 10.4. The van der Waals surface area contributed by atoms with E-state index in [0.717, 1.165) is 18.4 Å². The van der Waals surface area contributed by atoms with Crippen molar-refractivity contribution in [2.75, 3.05) is 6.61 Å². The number of allylic oxidation sites excluding steroid dienone is 4. The van der Waals surface area contributed by atoms with Crippen molar-refractivity contribution in [3.8, 4) is 0 Å². The first-order chi connectivity index (χ1) is 14.0.